The summed E-state index contributed by atoms with van der Waals surface area (Å²) in [7, 11) is 1.65. The van der Waals surface area contributed by atoms with Gasteiger partial charge in [-0.05, 0) is 54.1 Å². The molecule has 3 rings (SSSR count). The van der Waals surface area contributed by atoms with E-state index in [1.54, 1.807) is 13.4 Å². The van der Waals surface area contributed by atoms with Gasteiger partial charge in [0.1, 0.15) is 30.0 Å². The minimum atomic E-state index is -0.628. The molecule has 0 bridgehead atoms. The molecule has 1 unspecified atom stereocenters. The van der Waals surface area contributed by atoms with Crippen LogP contribution < -0.4 is 9.47 Å². The van der Waals surface area contributed by atoms with Gasteiger partial charge in [0.15, 0.2) is 0 Å². The summed E-state index contributed by atoms with van der Waals surface area (Å²) in [4.78, 5) is 2.14. The summed E-state index contributed by atoms with van der Waals surface area (Å²) in [5, 5.41) is 10.5. The van der Waals surface area contributed by atoms with Crippen LogP contribution in [0, 0.1) is 0 Å². The van der Waals surface area contributed by atoms with E-state index in [2.05, 4.69) is 20.8 Å². The summed E-state index contributed by atoms with van der Waals surface area (Å²) in [5.41, 5.74) is 1.13. The predicted octanol–water partition coefficient (Wildman–Crippen LogP) is 4.49. The second-order valence-electron chi connectivity index (χ2n) is 6.52. The van der Waals surface area contributed by atoms with Crippen molar-refractivity contribution < 1.29 is 19.0 Å². The molecule has 3 aromatic rings. The third kappa shape index (κ3) is 6.41. The molecule has 1 heterocycles. The van der Waals surface area contributed by atoms with Gasteiger partial charge in [0.25, 0.3) is 0 Å². The minimum Gasteiger partial charge on any atom is -0.497 e. The van der Waals surface area contributed by atoms with Gasteiger partial charge in [-0.3, -0.25) is 4.90 Å². The first-order valence-corrected chi connectivity index (χ1v) is 9.86. The zero-order valence-corrected chi connectivity index (χ0v) is 17.3. The molecule has 0 saturated heterocycles. The number of benzene rings is 2. The van der Waals surface area contributed by atoms with E-state index < -0.39 is 6.10 Å². The standard InChI is InChI=1S/C22H24BrNO4/c1-26-20-8-4-17(5-9-20)13-24(15-22-3-2-12-27-22)14-19(25)16-28-21-10-6-18(23)7-11-21/h2-12,19,25H,13-16H2,1H3. The maximum atomic E-state index is 10.5. The molecule has 0 spiro atoms. The van der Waals surface area contributed by atoms with Crippen molar-refractivity contribution in [3.05, 3.63) is 82.7 Å². The normalized spacial score (nSPS) is 12.1. The maximum Gasteiger partial charge on any atom is 0.119 e. The van der Waals surface area contributed by atoms with Crippen molar-refractivity contribution in [2.24, 2.45) is 0 Å². The van der Waals surface area contributed by atoms with E-state index in [0.29, 0.717) is 19.6 Å². The number of aliphatic hydroxyl groups excluding tert-OH is 1. The highest BCUT2D eigenvalue weighted by molar-refractivity contribution is 9.10. The number of hydrogen-bond donors (Lipinski definition) is 1. The van der Waals surface area contributed by atoms with Crippen molar-refractivity contribution in [3.8, 4) is 11.5 Å². The molecule has 0 fully saturated rings. The Balaban J connectivity index is 1.59. The molecule has 0 radical (unpaired) electrons. The first kappa shape index (κ1) is 20.5. The fraction of sp³-hybridized carbons (Fsp3) is 0.273. The van der Waals surface area contributed by atoms with Crippen LogP contribution in [0.4, 0.5) is 0 Å². The molecular weight excluding hydrogens is 422 g/mol. The van der Waals surface area contributed by atoms with E-state index in [4.69, 9.17) is 13.9 Å². The second kappa shape index (κ2) is 10.3. The topological polar surface area (TPSA) is 55.1 Å². The van der Waals surface area contributed by atoms with Crippen LogP contribution in [0.2, 0.25) is 0 Å². The van der Waals surface area contributed by atoms with E-state index in [1.807, 2.05) is 60.7 Å². The van der Waals surface area contributed by atoms with Gasteiger partial charge >= 0.3 is 0 Å². The molecule has 0 amide bonds. The molecule has 0 aliphatic rings. The summed E-state index contributed by atoms with van der Waals surface area (Å²) < 4.78 is 17.4. The smallest absolute Gasteiger partial charge is 0.119 e. The highest BCUT2D eigenvalue weighted by Gasteiger charge is 2.15. The van der Waals surface area contributed by atoms with Crippen LogP contribution in [0.15, 0.2) is 75.8 Å². The average Bonchev–Trinajstić information content (AvgIpc) is 3.21. The number of aliphatic hydroxyl groups is 1. The van der Waals surface area contributed by atoms with Crippen LogP contribution in [0.25, 0.3) is 0 Å². The lowest BCUT2D eigenvalue weighted by atomic mass is 10.2. The van der Waals surface area contributed by atoms with Crippen LogP contribution in [0.1, 0.15) is 11.3 Å². The van der Waals surface area contributed by atoms with Crippen molar-refractivity contribution in [2.75, 3.05) is 20.3 Å². The van der Waals surface area contributed by atoms with Gasteiger partial charge in [-0.25, -0.2) is 0 Å². The largest absolute Gasteiger partial charge is 0.497 e. The van der Waals surface area contributed by atoms with Crippen LogP contribution in [-0.2, 0) is 13.1 Å². The van der Waals surface area contributed by atoms with Crippen LogP contribution in [0.3, 0.4) is 0 Å². The predicted molar refractivity (Wildman–Crippen MR) is 111 cm³/mol. The fourth-order valence-corrected chi connectivity index (χ4v) is 3.14. The molecule has 5 nitrogen and oxygen atoms in total. The Kier molecular flexibility index (Phi) is 7.54. The molecule has 2 aromatic carbocycles. The Morgan fingerprint density at radius 2 is 1.71 bits per heavy atom. The molecule has 0 aliphatic carbocycles. The van der Waals surface area contributed by atoms with Crippen molar-refractivity contribution in [3.63, 3.8) is 0 Å². The minimum absolute atomic E-state index is 0.221. The molecule has 0 aliphatic heterocycles. The van der Waals surface area contributed by atoms with Crippen molar-refractivity contribution >= 4 is 15.9 Å². The zero-order valence-electron chi connectivity index (χ0n) is 15.8. The maximum absolute atomic E-state index is 10.5. The Morgan fingerprint density at radius 3 is 2.36 bits per heavy atom. The Labute approximate surface area is 173 Å². The zero-order chi connectivity index (χ0) is 19.8. The molecule has 1 N–H and O–H groups in total. The van der Waals surface area contributed by atoms with Crippen molar-refractivity contribution in [1.82, 2.24) is 4.90 Å². The van der Waals surface area contributed by atoms with Gasteiger partial charge in [0.05, 0.1) is 19.9 Å². The lowest BCUT2D eigenvalue weighted by molar-refractivity contribution is 0.0604. The van der Waals surface area contributed by atoms with Crippen LogP contribution in [0.5, 0.6) is 11.5 Å². The highest BCUT2D eigenvalue weighted by Crippen LogP contribution is 2.18. The second-order valence-corrected chi connectivity index (χ2v) is 7.43. The number of halogens is 1. The van der Waals surface area contributed by atoms with Gasteiger partial charge in [-0.15, -0.1) is 0 Å². The molecule has 6 heteroatoms. The lowest BCUT2D eigenvalue weighted by Crippen LogP contribution is -2.35. The Hall–Kier alpha value is -2.28. The number of nitrogens with zero attached hydrogens (tertiary/aromatic N) is 1. The molecule has 148 valence electrons. The van der Waals surface area contributed by atoms with Crippen LogP contribution >= 0.6 is 15.9 Å². The Morgan fingerprint density at radius 1 is 1.00 bits per heavy atom. The highest BCUT2D eigenvalue weighted by atomic mass is 79.9. The summed E-state index contributed by atoms with van der Waals surface area (Å²) in [5.74, 6) is 2.41. The van der Waals surface area contributed by atoms with Gasteiger partial charge in [-0.2, -0.15) is 0 Å². The summed E-state index contributed by atoms with van der Waals surface area (Å²) in [6.45, 7) is 1.97. The summed E-state index contributed by atoms with van der Waals surface area (Å²) >= 11 is 3.40. The van der Waals surface area contributed by atoms with E-state index in [0.717, 1.165) is 27.3 Å². The number of furan rings is 1. The third-order valence-corrected chi connectivity index (χ3v) is 4.78. The molecule has 0 saturated carbocycles. The number of methoxy groups -OCH3 is 1. The summed E-state index contributed by atoms with van der Waals surface area (Å²) in [6, 6.07) is 19.3. The van der Waals surface area contributed by atoms with Crippen molar-refractivity contribution in [1.29, 1.82) is 0 Å². The van der Waals surface area contributed by atoms with E-state index in [-0.39, 0.29) is 6.61 Å². The van der Waals surface area contributed by atoms with E-state index in [1.165, 1.54) is 0 Å². The first-order chi connectivity index (χ1) is 13.6. The lowest BCUT2D eigenvalue weighted by Gasteiger charge is -2.24. The monoisotopic (exact) mass is 445 g/mol. The van der Waals surface area contributed by atoms with E-state index >= 15 is 0 Å². The van der Waals surface area contributed by atoms with Crippen molar-refractivity contribution in [2.45, 2.75) is 19.2 Å². The van der Waals surface area contributed by atoms with Gasteiger partial charge in [0, 0.05) is 17.6 Å². The number of rotatable bonds is 10. The molecule has 1 atom stereocenters. The van der Waals surface area contributed by atoms with Crippen LogP contribution in [-0.4, -0.2) is 36.4 Å². The van der Waals surface area contributed by atoms with Gasteiger partial charge in [-0.1, -0.05) is 28.1 Å². The molecule has 28 heavy (non-hydrogen) atoms. The number of hydrogen-bond acceptors (Lipinski definition) is 5. The van der Waals surface area contributed by atoms with Gasteiger partial charge < -0.3 is 19.0 Å². The SMILES string of the molecule is COc1ccc(CN(Cc2ccco2)CC(O)COc2ccc(Br)cc2)cc1. The first-order valence-electron chi connectivity index (χ1n) is 9.06. The molecular formula is C22H24BrNO4. The van der Waals surface area contributed by atoms with E-state index in [9.17, 15) is 5.11 Å². The fourth-order valence-electron chi connectivity index (χ4n) is 2.87. The molecule has 1 aromatic heterocycles. The number of ether oxygens (including phenoxy) is 2. The van der Waals surface area contributed by atoms with Gasteiger partial charge in [0.2, 0.25) is 0 Å². The third-order valence-electron chi connectivity index (χ3n) is 4.25. The quantitative estimate of drug-likeness (QED) is 0.497. The Bertz CT molecular complexity index is 819. The average molecular weight is 446 g/mol. The summed E-state index contributed by atoms with van der Waals surface area (Å²) in [6.07, 6.45) is 1.03.